The fraction of sp³-hybridized carbons (Fsp3) is 0.533. The van der Waals surface area contributed by atoms with E-state index in [1.54, 1.807) is 6.07 Å². The summed E-state index contributed by atoms with van der Waals surface area (Å²) in [7, 11) is 0. The number of hydrogen-bond donors (Lipinski definition) is 2. The van der Waals surface area contributed by atoms with E-state index in [9.17, 15) is 13.2 Å². The van der Waals surface area contributed by atoms with E-state index in [4.69, 9.17) is 5.73 Å². The van der Waals surface area contributed by atoms with Crippen LogP contribution in [0.1, 0.15) is 19.8 Å². The number of guanidine groups is 1. The summed E-state index contributed by atoms with van der Waals surface area (Å²) in [5.41, 5.74) is 5.87. The van der Waals surface area contributed by atoms with Gasteiger partial charge in [-0.25, -0.2) is 0 Å². The molecule has 128 valence electrons. The van der Waals surface area contributed by atoms with Crippen molar-refractivity contribution in [1.29, 1.82) is 0 Å². The SMILES string of the molecule is CCN(CCN=C(N)Nc1ccccc1OC(F)(F)F)C1CC1. The Morgan fingerprint density at radius 2 is 2.09 bits per heavy atom. The summed E-state index contributed by atoms with van der Waals surface area (Å²) in [4.78, 5) is 6.48. The highest BCUT2D eigenvalue weighted by Crippen LogP contribution is 2.29. The van der Waals surface area contributed by atoms with Crippen LogP contribution in [-0.2, 0) is 0 Å². The van der Waals surface area contributed by atoms with E-state index in [-0.39, 0.29) is 17.4 Å². The standard InChI is InChI=1S/C15H21F3N4O/c1-2-22(11-7-8-11)10-9-20-14(19)21-12-5-3-4-6-13(12)23-15(16,17)18/h3-6,11H,2,7-10H2,1H3,(H3,19,20,21). The molecule has 0 radical (unpaired) electrons. The molecule has 1 aromatic rings. The smallest absolute Gasteiger partial charge is 0.404 e. The number of hydrogen-bond acceptors (Lipinski definition) is 3. The number of para-hydroxylation sites is 2. The van der Waals surface area contributed by atoms with Gasteiger partial charge in [0.15, 0.2) is 11.7 Å². The van der Waals surface area contributed by atoms with Crippen molar-refractivity contribution < 1.29 is 17.9 Å². The molecule has 1 saturated carbocycles. The molecule has 1 aliphatic rings. The summed E-state index contributed by atoms with van der Waals surface area (Å²) in [5.74, 6) is -0.276. The lowest BCUT2D eigenvalue weighted by Crippen LogP contribution is -2.30. The fourth-order valence-electron chi connectivity index (χ4n) is 2.30. The van der Waals surface area contributed by atoms with E-state index in [0.29, 0.717) is 12.6 Å². The highest BCUT2D eigenvalue weighted by molar-refractivity contribution is 5.93. The molecule has 0 saturated heterocycles. The number of alkyl halides is 3. The number of nitrogens with one attached hydrogen (secondary N) is 1. The van der Waals surface area contributed by atoms with Crippen molar-refractivity contribution in [2.45, 2.75) is 32.2 Å². The highest BCUT2D eigenvalue weighted by atomic mass is 19.4. The zero-order valence-corrected chi connectivity index (χ0v) is 12.9. The third-order valence-electron chi connectivity index (χ3n) is 3.51. The number of nitrogens with two attached hydrogens (primary N) is 1. The van der Waals surface area contributed by atoms with Crippen LogP contribution in [0, 0.1) is 0 Å². The molecule has 2 rings (SSSR count). The Morgan fingerprint density at radius 1 is 1.39 bits per heavy atom. The van der Waals surface area contributed by atoms with Crippen molar-refractivity contribution in [3.63, 3.8) is 0 Å². The number of aliphatic imine (C=N–C) groups is 1. The molecule has 0 spiro atoms. The molecule has 0 aromatic heterocycles. The number of benzene rings is 1. The zero-order valence-electron chi connectivity index (χ0n) is 12.9. The quantitative estimate of drug-likeness (QED) is 0.596. The normalized spacial score (nSPS) is 15.8. The number of ether oxygens (including phenoxy) is 1. The van der Waals surface area contributed by atoms with Gasteiger partial charge in [-0.1, -0.05) is 19.1 Å². The Balaban J connectivity index is 1.91. The molecule has 0 bridgehead atoms. The molecular weight excluding hydrogens is 309 g/mol. The molecule has 5 nitrogen and oxygen atoms in total. The van der Waals surface area contributed by atoms with Gasteiger partial charge in [-0.05, 0) is 31.5 Å². The van der Waals surface area contributed by atoms with Gasteiger partial charge in [-0.2, -0.15) is 0 Å². The second kappa shape index (κ2) is 7.54. The van der Waals surface area contributed by atoms with Crippen molar-refractivity contribution in [1.82, 2.24) is 4.90 Å². The summed E-state index contributed by atoms with van der Waals surface area (Å²) < 4.78 is 41.0. The maximum atomic E-state index is 12.4. The molecule has 0 amide bonds. The average molecular weight is 330 g/mol. The van der Waals surface area contributed by atoms with Crippen molar-refractivity contribution in [2.75, 3.05) is 25.0 Å². The van der Waals surface area contributed by atoms with E-state index in [1.807, 2.05) is 0 Å². The Labute approximate surface area is 133 Å². The van der Waals surface area contributed by atoms with Gasteiger partial charge in [0, 0.05) is 12.6 Å². The van der Waals surface area contributed by atoms with E-state index in [2.05, 4.69) is 26.9 Å². The van der Waals surface area contributed by atoms with Crippen molar-refractivity contribution in [3.8, 4) is 5.75 Å². The van der Waals surface area contributed by atoms with Gasteiger partial charge in [-0.15, -0.1) is 13.2 Å². The van der Waals surface area contributed by atoms with Gasteiger partial charge in [0.1, 0.15) is 0 Å². The second-order valence-corrected chi connectivity index (χ2v) is 5.30. The van der Waals surface area contributed by atoms with Crippen LogP contribution in [0.25, 0.3) is 0 Å². The molecule has 0 unspecified atom stereocenters. The fourth-order valence-corrected chi connectivity index (χ4v) is 2.30. The van der Waals surface area contributed by atoms with Gasteiger partial charge < -0.3 is 15.8 Å². The first-order valence-electron chi connectivity index (χ1n) is 7.55. The molecule has 1 aromatic carbocycles. The minimum absolute atomic E-state index is 0.0649. The highest BCUT2D eigenvalue weighted by Gasteiger charge is 2.32. The zero-order chi connectivity index (χ0) is 16.9. The van der Waals surface area contributed by atoms with Crippen LogP contribution in [0.3, 0.4) is 0 Å². The average Bonchev–Trinajstić information content (AvgIpc) is 3.29. The monoisotopic (exact) mass is 330 g/mol. The van der Waals surface area contributed by atoms with E-state index in [1.165, 1.54) is 31.0 Å². The van der Waals surface area contributed by atoms with Crippen LogP contribution >= 0.6 is 0 Å². The Kier molecular flexibility index (Phi) is 5.70. The number of nitrogens with zero attached hydrogens (tertiary/aromatic N) is 2. The number of rotatable bonds is 7. The van der Waals surface area contributed by atoms with Crippen molar-refractivity contribution in [3.05, 3.63) is 24.3 Å². The van der Waals surface area contributed by atoms with Crippen LogP contribution in [0.5, 0.6) is 5.75 Å². The minimum atomic E-state index is -4.75. The van der Waals surface area contributed by atoms with Gasteiger partial charge in [0.2, 0.25) is 0 Å². The van der Waals surface area contributed by atoms with Crippen molar-refractivity contribution in [2.24, 2.45) is 10.7 Å². The molecule has 0 atom stereocenters. The number of likely N-dealkylation sites (N-methyl/N-ethyl adjacent to an activating group) is 1. The summed E-state index contributed by atoms with van der Waals surface area (Å²) in [6, 6.07) is 6.35. The summed E-state index contributed by atoms with van der Waals surface area (Å²) in [6.45, 7) is 4.32. The lowest BCUT2D eigenvalue weighted by atomic mass is 10.3. The molecule has 0 aliphatic heterocycles. The van der Waals surface area contributed by atoms with E-state index < -0.39 is 6.36 Å². The first-order valence-corrected chi connectivity index (χ1v) is 7.55. The van der Waals surface area contributed by atoms with Crippen molar-refractivity contribution >= 4 is 11.6 Å². The maximum absolute atomic E-state index is 12.4. The van der Waals surface area contributed by atoms with Crippen LogP contribution < -0.4 is 15.8 Å². The van der Waals surface area contributed by atoms with E-state index >= 15 is 0 Å². The first-order chi connectivity index (χ1) is 10.9. The second-order valence-electron chi connectivity index (χ2n) is 5.30. The van der Waals surface area contributed by atoms with Gasteiger partial charge in [0.05, 0.1) is 12.2 Å². The number of halogens is 3. The molecule has 3 N–H and O–H groups in total. The molecule has 1 fully saturated rings. The van der Waals surface area contributed by atoms with Crippen LogP contribution in [0.2, 0.25) is 0 Å². The lowest BCUT2D eigenvalue weighted by molar-refractivity contribution is -0.274. The predicted octanol–water partition coefficient (Wildman–Crippen LogP) is 2.80. The third-order valence-corrected chi connectivity index (χ3v) is 3.51. The van der Waals surface area contributed by atoms with Crippen LogP contribution in [0.4, 0.5) is 18.9 Å². The summed E-state index contributed by atoms with van der Waals surface area (Å²) >= 11 is 0. The summed E-state index contributed by atoms with van der Waals surface area (Å²) in [6.07, 6.45) is -2.32. The van der Waals surface area contributed by atoms with Crippen LogP contribution in [0.15, 0.2) is 29.3 Å². The Bertz CT molecular complexity index is 544. The largest absolute Gasteiger partial charge is 0.573 e. The Morgan fingerprint density at radius 3 is 2.70 bits per heavy atom. The maximum Gasteiger partial charge on any atom is 0.573 e. The topological polar surface area (TPSA) is 62.9 Å². The molecular formula is C15H21F3N4O. The number of anilines is 1. The van der Waals surface area contributed by atoms with Crippen LogP contribution in [-0.4, -0.2) is 42.9 Å². The lowest BCUT2D eigenvalue weighted by Gasteiger charge is -2.18. The molecule has 8 heteroatoms. The predicted molar refractivity (Wildman–Crippen MR) is 83.5 cm³/mol. The first kappa shape index (κ1) is 17.4. The third kappa shape index (κ3) is 5.97. The van der Waals surface area contributed by atoms with Gasteiger partial charge in [-0.3, -0.25) is 9.89 Å². The minimum Gasteiger partial charge on any atom is -0.404 e. The van der Waals surface area contributed by atoms with Gasteiger partial charge in [0.25, 0.3) is 0 Å². The molecule has 1 aliphatic carbocycles. The summed E-state index contributed by atoms with van der Waals surface area (Å²) in [5, 5.41) is 2.65. The van der Waals surface area contributed by atoms with E-state index in [0.717, 1.165) is 13.1 Å². The Hall–Kier alpha value is -1.96. The molecule has 0 heterocycles. The molecule has 23 heavy (non-hydrogen) atoms. The van der Waals surface area contributed by atoms with Gasteiger partial charge >= 0.3 is 6.36 Å².